The molecule has 0 spiro atoms. The van der Waals surface area contributed by atoms with Gasteiger partial charge in [0.2, 0.25) is 4.33 Å². The molecule has 0 nitrogen and oxygen atoms in total. The first kappa shape index (κ1) is 11.1. The predicted molar refractivity (Wildman–Crippen MR) is 47.8 cm³/mol. The average molecular weight is 276 g/mol. The second kappa shape index (κ2) is 2.77. The van der Waals surface area contributed by atoms with Crippen molar-refractivity contribution in [2.45, 2.75) is 14.6 Å². The first-order chi connectivity index (χ1) is 5.13. The van der Waals surface area contributed by atoms with E-state index >= 15 is 0 Å². The smallest absolute Gasteiger partial charge is 0.198 e. The van der Waals surface area contributed by atoms with Gasteiger partial charge in [-0.15, -0.1) is 0 Å². The van der Waals surface area contributed by atoms with Crippen molar-refractivity contribution in [3.8, 4) is 0 Å². The van der Waals surface area contributed by atoms with Gasteiger partial charge in [-0.1, -0.05) is 58.0 Å². The van der Waals surface area contributed by atoms with Gasteiger partial charge in [-0.3, -0.25) is 0 Å². The van der Waals surface area contributed by atoms with Crippen LogP contribution in [0.4, 0.5) is 8.78 Å². The van der Waals surface area contributed by atoms with Crippen LogP contribution in [0.3, 0.4) is 0 Å². The SMILES string of the molecule is FC1(F)C=C(Cl)C(Cl)(Cl)C1(Cl)Cl. The zero-order valence-electron chi connectivity index (χ0n) is 5.22. The molecule has 0 saturated heterocycles. The van der Waals surface area contributed by atoms with Gasteiger partial charge in [0, 0.05) is 6.08 Å². The normalized spacial score (nSPS) is 30.1. The van der Waals surface area contributed by atoms with Gasteiger partial charge in [0.05, 0.1) is 5.03 Å². The Morgan fingerprint density at radius 1 is 1.08 bits per heavy atom. The molecule has 0 aromatic rings. The molecule has 0 amide bonds. The molecule has 0 aromatic heterocycles. The molecule has 0 saturated carbocycles. The molecule has 0 aromatic carbocycles. The van der Waals surface area contributed by atoms with Crippen molar-refractivity contribution in [2.75, 3.05) is 0 Å². The van der Waals surface area contributed by atoms with Crippen LogP contribution in [0.15, 0.2) is 11.1 Å². The highest BCUT2D eigenvalue weighted by atomic mass is 35.5. The van der Waals surface area contributed by atoms with Gasteiger partial charge in [0.1, 0.15) is 0 Å². The number of hydrogen-bond acceptors (Lipinski definition) is 0. The van der Waals surface area contributed by atoms with Gasteiger partial charge in [0.15, 0.2) is 4.33 Å². The Morgan fingerprint density at radius 2 is 1.50 bits per heavy atom. The van der Waals surface area contributed by atoms with Crippen molar-refractivity contribution in [1.82, 2.24) is 0 Å². The summed E-state index contributed by atoms with van der Waals surface area (Å²) in [5, 5.41) is -0.471. The Morgan fingerprint density at radius 3 is 1.58 bits per heavy atom. The Hall–Kier alpha value is 1.05. The molecule has 1 rings (SSSR count). The fraction of sp³-hybridized carbons (Fsp3) is 0.600. The molecule has 0 aliphatic heterocycles. The lowest BCUT2D eigenvalue weighted by Crippen LogP contribution is -2.44. The van der Waals surface area contributed by atoms with E-state index in [1.165, 1.54) is 0 Å². The van der Waals surface area contributed by atoms with Crippen molar-refractivity contribution in [1.29, 1.82) is 0 Å². The van der Waals surface area contributed by atoms with Crippen LogP contribution in [0.2, 0.25) is 0 Å². The molecule has 0 bridgehead atoms. The van der Waals surface area contributed by atoms with Crippen LogP contribution in [-0.4, -0.2) is 14.6 Å². The van der Waals surface area contributed by atoms with Crippen LogP contribution < -0.4 is 0 Å². The predicted octanol–water partition coefficient (Wildman–Crippen LogP) is 4.11. The Kier molecular flexibility index (Phi) is 2.57. The molecule has 7 heteroatoms. The Balaban J connectivity index is 3.22. The molecule has 0 N–H and O–H groups in total. The van der Waals surface area contributed by atoms with Crippen molar-refractivity contribution >= 4 is 58.0 Å². The third kappa shape index (κ3) is 1.24. The molecule has 1 aliphatic rings. The molecule has 70 valence electrons. The number of allylic oxidation sites excluding steroid dienone is 2. The number of alkyl halides is 6. The van der Waals surface area contributed by atoms with Gasteiger partial charge in [-0.2, -0.15) is 8.78 Å². The van der Waals surface area contributed by atoms with Crippen LogP contribution >= 0.6 is 58.0 Å². The summed E-state index contributed by atoms with van der Waals surface area (Å²) in [5.41, 5.74) is 0. The maximum Gasteiger partial charge on any atom is 0.303 e. The second-order valence-electron chi connectivity index (χ2n) is 2.26. The minimum Gasteiger partial charge on any atom is -0.198 e. The van der Waals surface area contributed by atoms with Crippen LogP contribution in [0.25, 0.3) is 0 Å². The maximum absolute atomic E-state index is 12.9. The van der Waals surface area contributed by atoms with E-state index in [1.54, 1.807) is 0 Å². The summed E-state index contributed by atoms with van der Waals surface area (Å²) in [6.45, 7) is 0. The third-order valence-corrected chi connectivity index (χ3v) is 4.44. The van der Waals surface area contributed by atoms with E-state index in [1.807, 2.05) is 0 Å². The van der Waals surface area contributed by atoms with Crippen LogP contribution in [0.5, 0.6) is 0 Å². The highest BCUT2D eigenvalue weighted by Gasteiger charge is 2.69. The summed E-state index contributed by atoms with van der Waals surface area (Å²) in [6, 6.07) is 0. The zero-order chi connectivity index (χ0) is 9.78. The molecular weight excluding hydrogens is 275 g/mol. The number of rotatable bonds is 0. The fourth-order valence-electron chi connectivity index (χ4n) is 0.700. The quantitative estimate of drug-likeness (QED) is 0.584. The fourth-order valence-corrected chi connectivity index (χ4v) is 1.75. The summed E-state index contributed by atoms with van der Waals surface area (Å²) in [4.78, 5) is 0. The summed E-state index contributed by atoms with van der Waals surface area (Å²) in [5.74, 6) is -3.53. The summed E-state index contributed by atoms with van der Waals surface area (Å²) in [7, 11) is 0. The lowest BCUT2D eigenvalue weighted by atomic mass is 10.3. The summed E-state index contributed by atoms with van der Waals surface area (Å²) >= 11 is 26.7. The van der Waals surface area contributed by atoms with Gasteiger partial charge in [0.25, 0.3) is 0 Å². The Labute approximate surface area is 92.4 Å². The zero-order valence-corrected chi connectivity index (χ0v) is 9.00. The van der Waals surface area contributed by atoms with Crippen LogP contribution in [0, 0.1) is 0 Å². The topological polar surface area (TPSA) is 0 Å². The molecular formula is C5HCl5F2. The summed E-state index contributed by atoms with van der Waals surface area (Å²) < 4.78 is 21.0. The standard InChI is InChI=1S/C5HCl5F2/c6-2-1-3(11,12)5(9,10)4(2,7)8/h1H. The maximum atomic E-state index is 12.9. The van der Waals surface area contributed by atoms with E-state index in [4.69, 9.17) is 58.0 Å². The largest absolute Gasteiger partial charge is 0.303 e. The monoisotopic (exact) mass is 274 g/mol. The van der Waals surface area contributed by atoms with Gasteiger partial charge in [-0.25, -0.2) is 0 Å². The van der Waals surface area contributed by atoms with Crippen LogP contribution in [0.1, 0.15) is 0 Å². The van der Waals surface area contributed by atoms with E-state index in [0.717, 1.165) is 0 Å². The van der Waals surface area contributed by atoms with E-state index in [9.17, 15) is 8.78 Å². The average Bonchev–Trinajstić information content (AvgIpc) is 1.92. The highest BCUT2D eigenvalue weighted by molar-refractivity contribution is 6.68. The van der Waals surface area contributed by atoms with Crippen molar-refractivity contribution in [3.63, 3.8) is 0 Å². The third-order valence-electron chi connectivity index (χ3n) is 1.42. The van der Waals surface area contributed by atoms with E-state index in [0.29, 0.717) is 6.08 Å². The van der Waals surface area contributed by atoms with E-state index in [2.05, 4.69) is 0 Å². The molecule has 1 aliphatic carbocycles. The number of hydrogen-bond donors (Lipinski definition) is 0. The summed E-state index contributed by atoms with van der Waals surface area (Å²) in [6.07, 6.45) is 0.342. The van der Waals surface area contributed by atoms with E-state index < -0.39 is 19.6 Å². The minimum atomic E-state index is -3.53. The first-order valence-electron chi connectivity index (χ1n) is 2.65. The lowest BCUT2D eigenvalue weighted by Gasteiger charge is -2.29. The number of halogens is 7. The second-order valence-corrected chi connectivity index (χ2v) is 5.33. The minimum absolute atomic E-state index is 0.342. The van der Waals surface area contributed by atoms with Crippen molar-refractivity contribution in [3.05, 3.63) is 11.1 Å². The van der Waals surface area contributed by atoms with Crippen molar-refractivity contribution in [2.24, 2.45) is 0 Å². The molecule has 12 heavy (non-hydrogen) atoms. The molecule has 0 radical (unpaired) electrons. The molecule has 0 unspecified atom stereocenters. The molecule has 0 atom stereocenters. The van der Waals surface area contributed by atoms with Gasteiger partial charge < -0.3 is 0 Å². The van der Waals surface area contributed by atoms with Gasteiger partial charge in [-0.05, 0) is 0 Å². The highest BCUT2D eigenvalue weighted by Crippen LogP contribution is 2.61. The lowest BCUT2D eigenvalue weighted by molar-refractivity contribution is 0.0445. The first-order valence-corrected chi connectivity index (χ1v) is 4.54. The molecule has 0 heterocycles. The van der Waals surface area contributed by atoms with Gasteiger partial charge >= 0.3 is 5.92 Å². The Bertz CT molecular complexity index is 244. The van der Waals surface area contributed by atoms with Crippen molar-refractivity contribution < 1.29 is 8.78 Å². The van der Waals surface area contributed by atoms with E-state index in [-0.39, 0.29) is 0 Å². The van der Waals surface area contributed by atoms with Crippen LogP contribution in [-0.2, 0) is 0 Å². The molecule has 0 fully saturated rings.